The van der Waals surface area contributed by atoms with Crippen molar-refractivity contribution < 1.29 is 34.5 Å². The van der Waals surface area contributed by atoms with Gasteiger partial charge in [-0.05, 0) is 13.8 Å². The van der Waals surface area contributed by atoms with Crippen LogP contribution in [0.2, 0.25) is 0 Å². The highest BCUT2D eigenvalue weighted by molar-refractivity contribution is 5.92. The summed E-state index contributed by atoms with van der Waals surface area (Å²) >= 11 is 0. The second kappa shape index (κ2) is 9.71. The van der Waals surface area contributed by atoms with E-state index in [-0.39, 0.29) is 0 Å². The number of hydrogen-bond donors (Lipinski definition) is 7. The number of carbonyl (C=O) groups is 4. The highest BCUT2D eigenvalue weighted by Gasteiger charge is 2.24. The molecule has 132 valence electrons. The van der Waals surface area contributed by atoms with Gasteiger partial charge in [-0.2, -0.15) is 0 Å². The minimum atomic E-state index is -1.48. The van der Waals surface area contributed by atoms with Gasteiger partial charge in [-0.1, -0.05) is 0 Å². The van der Waals surface area contributed by atoms with Gasteiger partial charge in [0, 0.05) is 0 Å². The van der Waals surface area contributed by atoms with Crippen molar-refractivity contribution in [1.29, 1.82) is 0 Å². The number of amides is 3. The second-order valence-corrected chi connectivity index (χ2v) is 4.86. The molecule has 3 amide bonds. The van der Waals surface area contributed by atoms with Gasteiger partial charge in [0.05, 0.1) is 19.3 Å². The number of aliphatic hydroxyl groups excluding tert-OH is 2. The van der Waals surface area contributed by atoms with E-state index in [4.69, 9.17) is 21.1 Å². The van der Waals surface area contributed by atoms with Crippen LogP contribution in [0.3, 0.4) is 0 Å². The van der Waals surface area contributed by atoms with Crippen LogP contribution in [0.4, 0.5) is 0 Å². The fraction of sp³-hybridized carbons (Fsp3) is 0.667. The average molecular weight is 334 g/mol. The Hall–Kier alpha value is -2.24. The third-order valence-corrected chi connectivity index (χ3v) is 2.81. The molecule has 0 saturated carbocycles. The summed E-state index contributed by atoms with van der Waals surface area (Å²) in [6, 6.07) is -3.76. The van der Waals surface area contributed by atoms with E-state index in [0.717, 1.165) is 0 Å². The van der Waals surface area contributed by atoms with Crippen LogP contribution in [-0.4, -0.2) is 76.4 Å². The Labute approximate surface area is 132 Å². The van der Waals surface area contributed by atoms with Crippen LogP contribution >= 0.6 is 0 Å². The molecule has 4 atom stereocenters. The Morgan fingerprint density at radius 1 is 1.09 bits per heavy atom. The van der Waals surface area contributed by atoms with Crippen LogP contribution < -0.4 is 21.7 Å². The highest BCUT2D eigenvalue weighted by atomic mass is 16.4. The second-order valence-electron chi connectivity index (χ2n) is 4.86. The monoisotopic (exact) mass is 334 g/mol. The SMILES string of the molecule is CC(O)C(N)C(=O)NCC(=O)N[C@@H](C)C(=O)N[C@@H](CO)C(=O)O. The van der Waals surface area contributed by atoms with Crippen LogP contribution in [0.15, 0.2) is 0 Å². The first-order valence-corrected chi connectivity index (χ1v) is 6.74. The number of carboxylic acids is 1. The van der Waals surface area contributed by atoms with Crippen molar-refractivity contribution in [1.82, 2.24) is 16.0 Å². The zero-order valence-electron chi connectivity index (χ0n) is 12.8. The minimum absolute atomic E-state index is 0.473. The molecule has 0 rings (SSSR count). The average Bonchev–Trinajstić information content (AvgIpc) is 2.48. The van der Waals surface area contributed by atoms with Crippen LogP contribution in [0.1, 0.15) is 13.8 Å². The summed E-state index contributed by atoms with van der Waals surface area (Å²) in [5.74, 6) is -3.68. The van der Waals surface area contributed by atoms with E-state index in [2.05, 4.69) is 10.6 Å². The van der Waals surface area contributed by atoms with E-state index < -0.39 is 61.1 Å². The summed E-state index contributed by atoms with van der Waals surface area (Å²) in [4.78, 5) is 45.3. The fourth-order valence-electron chi connectivity index (χ4n) is 1.34. The zero-order valence-corrected chi connectivity index (χ0v) is 12.8. The molecular weight excluding hydrogens is 312 g/mol. The highest BCUT2D eigenvalue weighted by Crippen LogP contribution is 1.89. The largest absolute Gasteiger partial charge is 0.480 e. The molecular formula is C12H22N4O7. The predicted octanol–water partition coefficient (Wildman–Crippen LogP) is -4.12. The van der Waals surface area contributed by atoms with E-state index in [1.807, 2.05) is 5.32 Å². The molecule has 0 heterocycles. The standard InChI is InChI=1S/C12H22N4O7/c1-5(10(20)16-7(4-17)12(22)23)15-8(19)3-14-11(21)9(13)6(2)18/h5-7,9,17-18H,3-4,13H2,1-2H3,(H,14,21)(H,15,19)(H,16,20)(H,22,23)/t5-,6?,7-,9?/m0/s1. The number of aliphatic carboxylic acids is 1. The van der Waals surface area contributed by atoms with Gasteiger partial charge in [0.25, 0.3) is 0 Å². The van der Waals surface area contributed by atoms with Gasteiger partial charge in [-0.25, -0.2) is 4.79 Å². The van der Waals surface area contributed by atoms with E-state index >= 15 is 0 Å². The van der Waals surface area contributed by atoms with Gasteiger partial charge < -0.3 is 37.0 Å². The van der Waals surface area contributed by atoms with Gasteiger partial charge >= 0.3 is 5.97 Å². The summed E-state index contributed by atoms with van der Waals surface area (Å²) in [6.07, 6.45) is -1.09. The van der Waals surface area contributed by atoms with Crippen LogP contribution in [0, 0.1) is 0 Å². The van der Waals surface area contributed by atoms with Crippen molar-refractivity contribution in [2.24, 2.45) is 5.73 Å². The summed E-state index contributed by atoms with van der Waals surface area (Å²) in [5, 5.41) is 33.0. The Morgan fingerprint density at radius 3 is 2.09 bits per heavy atom. The smallest absolute Gasteiger partial charge is 0.328 e. The summed E-state index contributed by atoms with van der Waals surface area (Å²) in [6.45, 7) is 1.35. The lowest BCUT2D eigenvalue weighted by Gasteiger charge is -2.18. The molecule has 8 N–H and O–H groups in total. The molecule has 0 aromatic carbocycles. The molecule has 2 unspecified atom stereocenters. The molecule has 0 aliphatic rings. The first-order valence-electron chi connectivity index (χ1n) is 6.74. The molecule has 0 aromatic rings. The summed E-state index contributed by atoms with van der Waals surface area (Å²) in [7, 11) is 0. The minimum Gasteiger partial charge on any atom is -0.480 e. The van der Waals surface area contributed by atoms with Gasteiger partial charge in [0.15, 0.2) is 0 Å². The lowest BCUT2D eigenvalue weighted by atomic mass is 10.2. The van der Waals surface area contributed by atoms with E-state index in [9.17, 15) is 19.2 Å². The van der Waals surface area contributed by atoms with Gasteiger partial charge in [0.1, 0.15) is 18.1 Å². The lowest BCUT2D eigenvalue weighted by molar-refractivity contribution is -0.143. The Balaban J connectivity index is 4.31. The summed E-state index contributed by atoms with van der Waals surface area (Å²) in [5.41, 5.74) is 5.36. The van der Waals surface area contributed by atoms with Gasteiger partial charge in [-0.15, -0.1) is 0 Å². The van der Waals surface area contributed by atoms with Crippen LogP contribution in [0.25, 0.3) is 0 Å². The van der Waals surface area contributed by atoms with Crippen LogP contribution in [-0.2, 0) is 19.2 Å². The normalized spacial score (nSPS) is 15.7. The molecule has 23 heavy (non-hydrogen) atoms. The van der Waals surface area contributed by atoms with E-state index in [1.54, 1.807) is 0 Å². The molecule has 11 nitrogen and oxygen atoms in total. The molecule has 0 radical (unpaired) electrons. The van der Waals surface area contributed by atoms with Crippen molar-refractivity contribution in [3.8, 4) is 0 Å². The number of hydrogen-bond acceptors (Lipinski definition) is 7. The lowest BCUT2D eigenvalue weighted by Crippen LogP contribution is -2.54. The number of nitrogens with two attached hydrogens (primary N) is 1. The maximum atomic E-state index is 11.6. The van der Waals surface area contributed by atoms with Crippen molar-refractivity contribution in [3.63, 3.8) is 0 Å². The van der Waals surface area contributed by atoms with Crippen molar-refractivity contribution in [3.05, 3.63) is 0 Å². The van der Waals surface area contributed by atoms with E-state index in [1.165, 1.54) is 13.8 Å². The third kappa shape index (κ3) is 7.54. The van der Waals surface area contributed by atoms with Crippen molar-refractivity contribution >= 4 is 23.7 Å². The van der Waals surface area contributed by atoms with Crippen molar-refractivity contribution in [2.45, 2.75) is 38.1 Å². The topological polar surface area (TPSA) is 191 Å². The fourth-order valence-corrected chi connectivity index (χ4v) is 1.34. The van der Waals surface area contributed by atoms with Crippen molar-refractivity contribution in [2.75, 3.05) is 13.2 Å². The Kier molecular flexibility index (Phi) is 8.77. The molecule has 11 heteroatoms. The molecule has 0 aromatic heterocycles. The Bertz CT molecular complexity index is 455. The molecule has 0 saturated heterocycles. The molecule has 0 aliphatic carbocycles. The predicted molar refractivity (Wildman–Crippen MR) is 76.9 cm³/mol. The maximum Gasteiger partial charge on any atom is 0.328 e. The maximum absolute atomic E-state index is 11.6. The first kappa shape index (κ1) is 20.8. The number of carboxylic acid groups (broad SMARTS) is 1. The number of aliphatic hydroxyl groups is 2. The van der Waals surface area contributed by atoms with Crippen LogP contribution in [0.5, 0.6) is 0 Å². The van der Waals surface area contributed by atoms with Gasteiger partial charge in [0.2, 0.25) is 17.7 Å². The van der Waals surface area contributed by atoms with E-state index in [0.29, 0.717) is 0 Å². The third-order valence-electron chi connectivity index (χ3n) is 2.81. The van der Waals surface area contributed by atoms with Gasteiger partial charge in [-0.3, -0.25) is 14.4 Å². The Morgan fingerprint density at radius 2 is 1.65 bits per heavy atom. The summed E-state index contributed by atoms with van der Waals surface area (Å²) < 4.78 is 0. The molecule has 0 fully saturated rings. The molecule has 0 aliphatic heterocycles. The molecule has 0 bridgehead atoms. The molecule has 0 spiro atoms. The quantitative estimate of drug-likeness (QED) is 0.221. The number of carbonyl (C=O) groups excluding carboxylic acids is 3. The zero-order chi connectivity index (χ0) is 18.2. The number of nitrogens with one attached hydrogen (secondary N) is 3. The number of rotatable bonds is 9. The first-order chi connectivity index (χ1) is 10.6.